The summed E-state index contributed by atoms with van der Waals surface area (Å²) in [5.41, 5.74) is 2.81. The predicted molar refractivity (Wildman–Crippen MR) is 135 cm³/mol. The van der Waals surface area contributed by atoms with Crippen LogP contribution in [0.2, 0.25) is 10.0 Å². The molecule has 2 aliphatic rings. The molecule has 1 saturated heterocycles. The van der Waals surface area contributed by atoms with E-state index in [1.807, 2.05) is 23.1 Å². The number of aliphatic hydroxyl groups is 1. The number of benzene rings is 1. The lowest BCUT2D eigenvalue weighted by atomic mass is 9.80. The second kappa shape index (κ2) is 11.3. The van der Waals surface area contributed by atoms with E-state index in [4.69, 9.17) is 28.3 Å². The Hall–Kier alpha value is -1.86. The van der Waals surface area contributed by atoms with Gasteiger partial charge < -0.3 is 19.9 Å². The Balaban J connectivity index is 1.58. The maximum atomic E-state index is 13.9. The summed E-state index contributed by atoms with van der Waals surface area (Å²) in [6, 6.07) is 7.78. The van der Waals surface area contributed by atoms with E-state index in [9.17, 15) is 9.59 Å². The zero-order valence-corrected chi connectivity index (χ0v) is 21.1. The van der Waals surface area contributed by atoms with Gasteiger partial charge in [0.15, 0.2) is 0 Å². The van der Waals surface area contributed by atoms with Crippen LogP contribution in [-0.2, 0) is 24.8 Å². The van der Waals surface area contributed by atoms with Crippen molar-refractivity contribution in [3.63, 3.8) is 0 Å². The molecule has 2 atom stereocenters. The van der Waals surface area contributed by atoms with Crippen molar-refractivity contribution in [3.8, 4) is 0 Å². The van der Waals surface area contributed by atoms with Crippen LogP contribution < -0.4 is 10.9 Å². The maximum absolute atomic E-state index is 13.9. The molecule has 2 aromatic rings. The third-order valence-corrected chi connectivity index (χ3v) is 7.85. The van der Waals surface area contributed by atoms with Crippen LogP contribution in [0.4, 0.5) is 0 Å². The number of carbonyl (C=O) groups excluding carboxylic acids is 1. The summed E-state index contributed by atoms with van der Waals surface area (Å²) < 4.78 is 1.55. The van der Waals surface area contributed by atoms with Gasteiger partial charge in [-0.25, -0.2) is 0 Å². The van der Waals surface area contributed by atoms with Crippen LogP contribution in [0.1, 0.15) is 54.7 Å². The van der Waals surface area contributed by atoms with Gasteiger partial charge in [0.05, 0.1) is 16.0 Å². The van der Waals surface area contributed by atoms with Crippen LogP contribution in [0.15, 0.2) is 35.3 Å². The second-order valence-electron chi connectivity index (χ2n) is 9.54. The Kier molecular flexibility index (Phi) is 8.35. The van der Waals surface area contributed by atoms with Crippen molar-refractivity contribution in [2.75, 3.05) is 19.7 Å². The zero-order valence-electron chi connectivity index (χ0n) is 19.6. The molecule has 1 amide bonds. The van der Waals surface area contributed by atoms with E-state index in [-0.39, 0.29) is 36.0 Å². The number of pyridine rings is 1. The number of hydrogen-bond acceptors (Lipinski definition) is 4. The van der Waals surface area contributed by atoms with Gasteiger partial charge in [-0.1, -0.05) is 29.3 Å². The number of carbonyl (C=O) groups is 1. The average molecular weight is 506 g/mol. The Bertz CT molecular complexity index is 1080. The molecule has 4 rings (SSSR count). The van der Waals surface area contributed by atoms with Crippen molar-refractivity contribution in [3.05, 3.63) is 67.6 Å². The van der Waals surface area contributed by atoms with E-state index < -0.39 is 0 Å². The number of halogens is 2. The highest BCUT2D eigenvalue weighted by Gasteiger charge is 2.40. The van der Waals surface area contributed by atoms with Gasteiger partial charge in [-0.3, -0.25) is 9.59 Å². The molecular weight excluding hydrogens is 473 g/mol. The summed E-state index contributed by atoms with van der Waals surface area (Å²) in [5.74, 6) is -0.116. The van der Waals surface area contributed by atoms with Gasteiger partial charge in [-0.2, -0.15) is 0 Å². The van der Waals surface area contributed by atoms with E-state index in [0.29, 0.717) is 23.1 Å². The first kappa shape index (κ1) is 25.2. The molecule has 1 aliphatic carbocycles. The summed E-state index contributed by atoms with van der Waals surface area (Å²) in [6.07, 6.45) is 6.98. The second-order valence-corrected chi connectivity index (χ2v) is 10.3. The fourth-order valence-corrected chi connectivity index (χ4v) is 5.32. The first-order chi connectivity index (χ1) is 16.4. The van der Waals surface area contributed by atoms with Crippen molar-refractivity contribution in [1.29, 1.82) is 0 Å². The standard InChI is InChI=1S/C26H33Cl2N3O3/c1-30-10-8-18(14-24(30)33)21-7-9-29-15-22(21)26(34)31(20-5-6-20)16-19-12-17(4-2-3-11-32)13-23(27)25(19)28/h8,10,12-14,20-22,29,32H,2-7,9,11,15-16H2,1H3/t21?,22-/m0/s1. The molecule has 2 heterocycles. The number of nitrogens with zero attached hydrogens (tertiary/aromatic N) is 2. The van der Waals surface area contributed by atoms with Crippen LogP contribution in [0.3, 0.4) is 0 Å². The first-order valence-corrected chi connectivity index (χ1v) is 12.9. The number of piperidine rings is 1. The number of aliphatic hydroxyl groups excluding tert-OH is 1. The van der Waals surface area contributed by atoms with Gasteiger partial charge in [-0.05, 0) is 79.8 Å². The molecule has 0 radical (unpaired) electrons. The Labute approximate surface area is 210 Å². The lowest BCUT2D eigenvalue weighted by molar-refractivity contribution is -0.138. The number of unbranched alkanes of at least 4 members (excludes halogenated alkanes) is 1. The molecule has 1 unspecified atom stereocenters. The predicted octanol–water partition coefficient (Wildman–Crippen LogP) is 3.89. The van der Waals surface area contributed by atoms with Gasteiger partial charge >= 0.3 is 0 Å². The van der Waals surface area contributed by atoms with E-state index in [2.05, 4.69) is 5.32 Å². The topological polar surface area (TPSA) is 74.6 Å². The summed E-state index contributed by atoms with van der Waals surface area (Å²) >= 11 is 13.0. The quantitative estimate of drug-likeness (QED) is 0.507. The summed E-state index contributed by atoms with van der Waals surface area (Å²) in [5, 5.41) is 13.5. The Morgan fingerprint density at radius 3 is 2.71 bits per heavy atom. The Morgan fingerprint density at radius 2 is 2.00 bits per heavy atom. The maximum Gasteiger partial charge on any atom is 0.250 e. The molecule has 1 aromatic heterocycles. The van der Waals surface area contributed by atoms with Gasteiger partial charge in [0, 0.05) is 45.0 Å². The normalized spacial score (nSPS) is 20.4. The summed E-state index contributed by atoms with van der Waals surface area (Å²) in [6.45, 7) is 2.01. The molecule has 1 aromatic carbocycles. The number of rotatable bonds is 9. The van der Waals surface area contributed by atoms with Crippen molar-refractivity contribution < 1.29 is 9.90 Å². The molecule has 1 saturated carbocycles. The molecule has 8 heteroatoms. The lowest BCUT2D eigenvalue weighted by Crippen LogP contribution is -2.47. The third kappa shape index (κ3) is 5.85. The van der Waals surface area contributed by atoms with Crippen LogP contribution in [0.5, 0.6) is 0 Å². The number of aromatic nitrogens is 1. The van der Waals surface area contributed by atoms with Gasteiger partial charge in [0.25, 0.3) is 5.56 Å². The molecular formula is C26H33Cl2N3O3. The van der Waals surface area contributed by atoms with E-state index in [1.54, 1.807) is 23.9 Å². The highest BCUT2D eigenvalue weighted by molar-refractivity contribution is 6.42. The SMILES string of the molecule is Cn1ccc(C2CCNC[C@@H]2C(=O)N(Cc2cc(CCCCO)cc(Cl)c2Cl)C2CC2)cc1=O. The van der Waals surface area contributed by atoms with Crippen molar-refractivity contribution in [1.82, 2.24) is 14.8 Å². The highest BCUT2D eigenvalue weighted by atomic mass is 35.5. The molecule has 184 valence electrons. The van der Waals surface area contributed by atoms with Crippen LogP contribution in [0.25, 0.3) is 0 Å². The number of aryl methyl sites for hydroxylation is 2. The molecule has 0 spiro atoms. The fraction of sp³-hybridized carbons (Fsp3) is 0.538. The smallest absolute Gasteiger partial charge is 0.250 e. The van der Waals surface area contributed by atoms with Crippen LogP contribution >= 0.6 is 23.2 Å². The minimum absolute atomic E-state index is 0.00720. The first-order valence-electron chi connectivity index (χ1n) is 12.1. The minimum atomic E-state index is -0.233. The lowest BCUT2D eigenvalue weighted by Gasteiger charge is -2.36. The minimum Gasteiger partial charge on any atom is -0.396 e. The number of amides is 1. The molecule has 6 nitrogen and oxygen atoms in total. The van der Waals surface area contributed by atoms with Crippen molar-refractivity contribution in [2.24, 2.45) is 13.0 Å². The van der Waals surface area contributed by atoms with Gasteiger partial charge in [-0.15, -0.1) is 0 Å². The summed E-state index contributed by atoms with van der Waals surface area (Å²) in [4.78, 5) is 28.1. The third-order valence-electron chi connectivity index (χ3n) is 7.00. The fourth-order valence-electron chi connectivity index (χ4n) is 4.89. The van der Waals surface area contributed by atoms with Crippen LogP contribution in [-0.4, -0.2) is 46.2 Å². The molecule has 2 fully saturated rings. The largest absolute Gasteiger partial charge is 0.396 e. The number of nitrogens with one attached hydrogen (secondary N) is 1. The van der Waals surface area contributed by atoms with E-state index in [0.717, 1.165) is 61.8 Å². The molecule has 1 aliphatic heterocycles. The van der Waals surface area contributed by atoms with Crippen LogP contribution in [0, 0.1) is 5.92 Å². The molecule has 2 N–H and O–H groups in total. The Morgan fingerprint density at radius 1 is 1.21 bits per heavy atom. The highest BCUT2D eigenvalue weighted by Crippen LogP contribution is 2.37. The number of hydrogen-bond donors (Lipinski definition) is 2. The zero-order chi connectivity index (χ0) is 24.2. The van der Waals surface area contributed by atoms with Crippen molar-refractivity contribution in [2.45, 2.75) is 57.0 Å². The summed E-state index contributed by atoms with van der Waals surface area (Å²) in [7, 11) is 1.73. The van der Waals surface area contributed by atoms with E-state index in [1.165, 1.54) is 0 Å². The average Bonchev–Trinajstić information content (AvgIpc) is 3.67. The van der Waals surface area contributed by atoms with Gasteiger partial charge in [0.2, 0.25) is 5.91 Å². The van der Waals surface area contributed by atoms with Gasteiger partial charge in [0.1, 0.15) is 0 Å². The molecule has 34 heavy (non-hydrogen) atoms. The van der Waals surface area contributed by atoms with Crippen molar-refractivity contribution >= 4 is 29.1 Å². The monoisotopic (exact) mass is 505 g/mol. The van der Waals surface area contributed by atoms with E-state index >= 15 is 0 Å². The molecule has 0 bridgehead atoms.